The van der Waals surface area contributed by atoms with Crippen LogP contribution in [0.5, 0.6) is 0 Å². The summed E-state index contributed by atoms with van der Waals surface area (Å²) in [6, 6.07) is 0.773. The van der Waals surface area contributed by atoms with E-state index in [0.717, 1.165) is 6.04 Å². The van der Waals surface area contributed by atoms with Gasteiger partial charge in [0.15, 0.2) is 0 Å². The molecule has 1 atom stereocenters. The van der Waals surface area contributed by atoms with Crippen LogP contribution in [0.3, 0.4) is 0 Å². The maximum Gasteiger partial charge on any atom is 0.0221 e. The Morgan fingerprint density at radius 3 is 2.11 bits per heavy atom. The van der Waals surface area contributed by atoms with Gasteiger partial charge in [-0.3, -0.25) is 4.90 Å². The van der Waals surface area contributed by atoms with Crippen molar-refractivity contribution in [1.29, 1.82) is 0 Å². The van der Waals surface area contributed by atoms with Gasteiger partial charge in [-0.25, -0.2) is 0 Å². The van der Waals surface area contributed by atoms with E-state index in [-0.39, 0.29) is 0 Å². The molecule has 0 aromatic carbocycles. The lowest BCUT2D eigenvalue weighted by Crippen LogP contribution is -2.53. The van der Waals surface area contributed by atoms with Gasteiger partial charge in [-0.15, -0.1) is 0 Å². The number of piperazine rings is 1. The van der Waals surface area contributed by atoms with Gasteiger partial charge in [-0.05, 0) is 25.3 Å². The van der Waals surface area contributed by atoms with Gasteiger partial charge in [-0.2, -0.15) is 0 Å². The molecule has 19 heavy (non-hydrogen) atoms. The number of hydrogen-bond acceptors (Lipinski definition) is 2. The van der Waals surface area contributed by atoms with Crippen molar-refractivity contribution in [3.63, 3.8) is 0 Å². The van der Waals surface area contributed by atoms with Crippen molar-refractivity contribution in [2.45, 2.75) is 73.3 Å². The molecule has 0 saturated carbocycles. The molecule has 2 heteroatoms. The van der Waals surface area contributed by atoms with Crippen LogP contribution in [0.2, 0.25) is 0 Å². The van der Waals surface area contributed by atoms with Crippen molar-refractivity contribution in [2.75, 3.05) is 33.2 Å². The van der Waals surface area contributed by atoms with Crippen LogP contribution in [0.1, 0.15) is 67.2 Å². The van der Waals surface area contributed by atoms with Gasteiger partial charge < -0.3 is 4.90 Å². The molecule has 1 aliphatic heterocycles. The molecule has 1 unspecified atom stereocenters. The Morgan fingerprint density at radius 1 is 1.05 bits per heavy atom. The van der Waals surface area contributed by atoms with E-state index in [1.54, 1.807) is 0 Å². The largest absolute Gasteiger partial charge is 0.304 e. The summed E-state index contributed by atoms with van der Waals surface area (Å²) in [4.78, 5) is 5.19. The average molecular weight is 271 g/mol. The highest BCUT2D eigenvalue weighted by molar-refractivity contribution is 4.84. The van der Waals surface area contributed by atoms with Crippen LogP contribution in [0.25, 0.3) is 0 Å². The molecule has 1 rings (SSSR count). The van der Waals surface area contributed by atoms with E-state index in [1.165, 1.54) is 51.9 Å². The predicted octanol–water partition coefficient (Wildman–Crippen LogP) is 4.26. The van der Waals surface area contributed by atoms with Crippen LogP contribution < -0.4 is 0 Å². The van der Waals surface area contributed by atoms with E-state index in [0.29, 0.717) is 5.41 Å². The monoisotopic (exact) mass is 270 g/mol. The number of nitrogens with zero attached hydrogens (tertiary/aromatic N) is 2. The number of likely N-dealkylation sites (N-methyl/N-ethyl adjacent to an activating group) is 1. The highest BCUT2D eigenvalue weighted by Crippen LogP contribution is 2.26. The minimum absolute atomic E-state index is 0.484. The average Bonchev–Trinajstić information content (AvgIpc) is 2.32. The fraction of sp³-hybridized carbons (Fsp3) is 1.00. The maximum absolute atomic E-state index is 2.72. The normalized spacial score (nSPS) is 21.9. The number of hydrogen-bond donors (Lipinski definition) is 0. The Kier molecular flexibility index (Phi) is 9.72. The Morgan fingerprint density at radius 2 is 1.63 bits per heavy atom. The Labute approximate surface area is 122 Å². The summed E-state index contributed by atoms with van der Waals surface area (Å²) in [5, 5.41) is 0. The summed E-state index contributed by atoms with van der Waals surface area (Å²) < 4.78 is 0. The van der Waals surface area contributed by atoms with Crippen LogP contribution in [0.15, 0.2) is 0 Å². The maximum atomic E-state index is 2.72. The van der Waals surface area contributed by atoms with Gasteiger partial charge in [0.25, 0.3) is 0 Å². The summed E-state index contributed by atoms with van der Waals surface area (Å²) in [5.74, 6) is 0. The molecule has 0 radical (unpaired) electrons. The fourth-order valence-corrected chi connectivity index (χ4v) is 2.95. The van der Waals surface area contributed by atoms with Crippen LogP contribution in [-0.2, 0) is 0 Å². The zero-order chi connectivity index (χ0) is 14.9. The Hall–Kier alpha value is -0.0800. The van der Waals surface area contributed by atoms with Gasteiger partial charge in [-0.1, -0.05) is 54.4 Å². The Bertz CT molecular complexity index is 213. The third kappa shape index (κ3) is 7.94. The van der Waals surface area contributed by atoms with Gasteiger partial charge >= 0.3 is 0 Å². The number of rotatable bonds is 5. The minimum atomic E-state index is 0.484. The van der Waals surface area contributed by atoms with E-state index < -0.39 is 0 Å². The third-order valence-electron chi connectivity index (χ3n) is 3.84. The van der Waals surface area contributed by atoms with Gasteiger partial charge in [0.1, 0.15) is 0 Å². The molecule has 1 fully saturated rings. The first-order valence-corrected chi connectivity index (χ1v) is 8.32. The first-order valence-electron chi connectivity index (χ1n) is 8.32. The SMILES string of the molecule is CCC.CCCC(C)(C)CN1CCN(C)CC1CC. The molecule has 0 aliphatic carbocycles. The van der Waals surface area contributed by atoms with Crippen LogP contribution >= 0.6 is 0 Å². The highest BCUT2D eigenvalue weighted by atomic mass is 15.3. The minimum Gasteiger partial charge on any atom is -0.304 e. The van der Waals surface area contributed by atoms with E-state index in [2.05, 4.69) is 58.4 Å². The lowest BCUT2D eigenvalue weighted by Gasteiger charge is -2.43. The topological polar surface area (TPSA) is 6.48 Å². The molecule has 2 nitrogen and oxygen atoms in total. The molecule has 0 spiro atoms. The molecule has 0 N–H and O–H groups in total. The van der Waals surface area contributed by atoms with Gasteiger partial charge in [0, 0.05) is 32.2 Å². The van der Waals surface area contributed by atoms with Crippen molar-refractivity contribution < 1.29 is 0 Å². The van der Waals surface area contributed by atoms with Gasteiger partial charge in [0.2, 0.25) is 0 Å². The first-order chi connectivity index (χ1) is 8.90. The molecule has 0 aromatic heterocycles. The molecule has 116 valence electrons. The molecular formula is C17H38N2. The zero-order valence-corrected chi connectivity index (χ0v) is 14.6. The molecule has 1 heterocycles. The molecule has 1 aliphatic rings. The molecular weight excluding hydrogens is 232 g/mol. The second kappa shape index (κ2) is 9.77. The van der Waals surface area contributed by atoms with Gasteiger partial charge in [0.05, 0.1) is 0 Å². The summed E-state index contributed by atoms with van der Waals surface area (Å²) in [7, 11) is 2.25. The standard InChI is InChI=1S/C14H30N2.C3H8/c1-6-8-14(3,4)12-16-10-9-15(5)11-13(16)7-2;1-3-2/h13H,6-12H2,1-5H3;3H2,1-2H3. The van der Waals surface area contributed by atoms with E-state index >= 15 is 0 Å². The smallest absolute Gasteiger partial charge is 0.0221 e. The van der Waals surface area contributed by atoms with E-state index in [4.69, 9.17) is 0 Å². The van der Waals surface area contributed by atoms with Crippen LogP contribution in [0, 0.1) is 5.41 Å². The summed E-state index contributed by atoms with van der Waals surface area (Å²) in [5.41, 5.74) is 0.484. The zero-order valence-electron chi connectivity index (χ0n) is 14.6. The highest BCUT2D eigenvalue weighted by Gasteiger charge is 2.28. The van der Waals surface area contributed by atoms with Crippen molar-refractivity contribution >= 4 is 0 Å². The van der Waals surface area contributed by atoms with E-state index in [9.17, 15) is 0 Å². The lowest BCUT2D eigenvalue weighted by molar-refractivity contribution is 0.0521. The second-order valence-corrected chi connectivity index (χ2v) is 6.92. The van der Waals surface area contributed by atoms with Crippen molar-refractivity contribution in [3.05, 3.63) is 0 Å². The van der Waals surface area contributed by atoms with E-state index in [1.807, 2.05) is 0 Å². The van der Waals surface area contributed by atoms with Crippen molar-refractivity contribution in [3.8, 4) is 0 Å². The predicted molar refractivity (Wildman–Crippen MR) is 87.8 cm³/mol. The van der Waals surface area contributed by atoms with Crippen LogP contribution in [-0.4, -0.2) is 49.1 Å². The Balaban J connectivity index is 0.000000982. The fourth-order valence-electron chi connectivity index (χ4n) is 2.95. The third-order valence-corrected chi connectivity index (χ3v) is 3.84. The summed E-state index contributed by atoms with van der Waals surface area (Å²) >= 11 is 0. The van der Waals surface area contributed by atoms with Crippen molar-refractivity contribution in [2.24, 2.45) is 5.41 Å². The summed E-state index contributed by atoms with van der Waals surface area (Å²) in [6.07, 6.45) is 5.18. The first kappa shape index (κ1) is 18.9. The molecule has 1 saturated heterocycles. The van der Waals surface area contributed by atoms with Crippen molar-refractivity contribution in [1.82, 2.24) is 9.80 Å². The summed E-state index contributed by atoms with van der Waals surface area (Å²) in [6.45, 7) is 18.7. The second-order valence-electron chi connectivity index (χ2n) is 6.92. The molecule has 0 aromatic rings. The lowest BCUT2D eigenvalue weighted by atomic mass is 9.86. The molecule has 0 amide bonds. The van der Waals surface area contributed by atoms with Crippen LogP contribution in [0.4, 0.5) is 0 Å². The molecule has 0 bridgehead atoms. The quantitative estimate of drug-likeness (QED) is 0.736.